The molecule has 1 heterocycles. The first-order valence-electron chi connectivity index (χ1n) is 9.81. The Morgan fingerprint density at radius 1 is 1.23 bits per heavy atom. The van der Waals surface area contributed by atoms with Crippen LogP contribution in [-0.4, -0.2) is 54.1 Å². The Hall–Kier alpha value is -2.72. The molecule has 0 atom stereocenters. The first-order valence-corrected chi connectivity index (χ1v) is 11.3. The molecule has 162 valence electrons. The highest BCUT2D eigenvalue weighted by Crippen LogP contribution is 2.29. The summed E-state index contributed by atoms with van der Waals surface area (Å²) in [5.41, 5.74) is 0.380. The molecule has 1 aliphatic carbocycles. The Balaban J connectivity index is 1.68. The number of benzene rings is 1. The van der Waals surface area contributed by atoms with E-state index in [1.54, 1.807) is 26.2 Å². The summed E-state index contributed by atoms with van der Waals surface area (Å²) < 4.78 is 34.2. The molecule has 1 aromatic heterocycles. The first kappa shape index (κ1) is 22.0. The molecule has 30 heavy (non-hydrogen) atoms. The van der Waals surface area contributed by atoms with Gasteiger partial charge in [-0.3, -0.25) is 9.48 Å². The van der Waals surface area contributed by atoms with Crippen molar-refractivity contribution in [1.82, 2.24) is 14.1 Å². The van der Waals surface area contributed by atoms with E-state index < -0.39 is 28.5 Å². The Bertz CT molecular complexity index is 1010. The fraction of sp³-hybridized carbons (Fsp3) is 0.450. The number of esters is 1. The first-order chi connectivity index (χ1) is 14.3. The molecular formula is C20H26N4O5S. The van der Waals surface area contributed by atoms with Gasteiger partial charge >= 0.3 is 5.97 Å². The number of aryl methyl sites for hydroxylation is 1. The molecule has 0 spiro atoms. The molecular weight excluding hydrogens is 408 g/mol. The number of nitrogens with zero attached hydrogens (tertiary/aromatic N) is 3. The van der Waals surface area contributed by atoms with E-state index in [-0.39, 0.29) is 22.2 Å². The van der Waals surface area contributed by atoms with Gasteiger partial charge in [-0.15, -0.1) is 0 Å². The number of sulfonamides is 1. The van der Waals surface area contributed by atoms with Crippen LogP contribution in [0.5, 0.6) is 0 Å². The van der Waals surface area contributed by atoms with Crippen molar-refractivity contribution in [2.75, 3.05) is 19.0 Å². The highest BCUT2D eigenvalue weighted by molar-refractivity contribution is 7.89. The molecule has 9 nitrogen and oxygen atoms in total. The minimum Gasteiger partial charge on any atom is -0.452 e. The van der Waals surface area contributed by atoms with E-state index in [9.17, 15) is 18.0 Å². The van der Waals surface area contributed by atoms with Gasteiger partial charge in [0.15, 0.2) is 6.61 Å². The van der Waals surface area contributed by atoms with Crippen molar-refractivity contribution in [3.63, 3.8) is 0 Å². The molecule has 3 rings (SSSR count). The zero-order valence-corrected chi connectivity index (χ0v) is 17.9. The van der Waals surface area contributed by atoms with Crippen LogP contribution in [-0.2, 0) is 26.6 Å². The molecule has 1 amide bonds. The lowest BCUT2D eigenvalue weighted by Gasteiger charge is -2.30. The van der Waals surface area contributed by atoms with E-state index in [4.69, 9.17) is 4.74 Å². The summed E-state index contributed by atoms with van der Waals surface area (Å²) in [5, 5.41) is 6.41. The van der Waals surface area contributed by atoms with Crippen LogP contribution in [0.2, 0.25) is 0 Å². The summed E-state index contributed by atoms with van der Waals surface area (Å²) in [6.07, 6.45) is 7.60. The van der Waals surface area contributed by atoms with Crippen LogP contribution in [0.1, 0.15) is 42.5 Å². The van der Waals surface area contributed by atoms with Crippen LogP contribution in [0.3, 0.4) is 0 Å². The second-order valence-corrected chi connectivity index (χ2v) is 9.30. The van der Waals surface area contributed by atoms with Gasteiger partial charge < -0.3 is 10.1 Å². The van der Waals surface area contributed by atoms with E-state index in [2.05, 4.69) is 10.4 Å². The Kier molecular flexibility index (Phi) is 6.88. The summed E-state index contributed by atoms with van der Waals surface area (Å²) >= 11 is 0. The fourth-order valence-corrected chi connectivity index (χ4v) is 5.08. The van der Waals surface area contributed by atoms with E-state index in [0.717, 1.165) is 32.1 Å². The smallest absolute Gasteiger partial charge is 0.341 e. The van der Waals surface area contributed by atoms with Gasteiger partial charge in [-0.05, 0) is 25.0 Å². The Morgan fingerprint density at radius 3 is 2.60 bits per heavy atom. The molecule has 1 aliphatic rings. The third-order valence-electron chi connectivity index (χ3n) is 5.18. The highest BCUT2D eigenvalue weighted by atomic mass is 32.2. The third-order valence-corrected chi connectivity index (χ3v) is 7.15. The molecule has 0 bridgehead atoms. The van der Waals surface area contributed by atoms with Gasteiger partial charge in [-0.2, -0.15) is 9.40 Å². The fourth-order valence-electron chi connectivity index (χ4n) is 3.52. The van der Waals surface area contributed by atoms with Crippen molar-refractivity contribution < 1.29 is 22.7 Å². The lowest BCUT2D eigenvalue weighted by Crippen LogP contribution is -2.38. The minimum atomic E-state index is -3.79. The molecule has 1 aromatic carbocycles. The topological polar surface area (TPSA) is 111 Å². The van der Waals surface area contributed by atoms with E-state index in [1.807, 2.05) is 0 Å². The SMILES string of the molecule is CN(C1CCCCC1)S(=O)(=O)c1ccccc1NC(=O)COC(=O)c1cnn(C)c1. The normalized spacial score (nSPS) is 15.2. The van der Waals surface area contributed by atoms with E-state index in [0.29, 0.717) is 0 Å². The summed E-state index contributed by atoms with van der Waals surface area (Å²) in [6.45, 7) is -0.541. The van der Waals surface area contributed by atoms with Crippen LogP contribution in [0.15, 0.2) is 41.6 Å². The van der Waals surface area contributed by atoms with Gasteiger partial charge in [-0.1, -0.05) is 31.4 Å². The monoisotopic (exact) mass is 434 g/mol. The maximum absolute atomic E-state index is 13.2. The van der Waals surface area contributed by atoms with Gasteiger partial charge in [-0.25, -0.2) is 13.2 Å². The van der Waals surface area contributed by atoms with Crippen LogP contribution >= 0.6 is 0 Å². The van der Waals surface area contributed by atoms with Gasteiger partial charge in [0.05, 0.1) is 17.4 Å². The number of aromatic nitrogens is 2. The molecule has 1 N–H and O–H groups in total. The van der Waals surface area contributed by atoms with Crippen molar-refractivity contribution in [3.05, 3.63) is 42.2 Å². The number of carbonyl (C=O) groups excluding carboxylic acids is 2. The van der Waals surface area contributed by atoms with Crippen LogP contribution in [0.25, 0.3) is 0 Å². The largest absolute Gasteiger partial charge is 0.452 e. The summed E-state index contributed by atoms with van der Waals surface area (Å²) in [4.78, 5) is 24.3. The molecule has 0 saturated heterocycles. The molecule has 10 heteroatoms. The van der Waals surface area contributed by atoms with Gasteiger partial charge in [0.2, 0.25) is 10.0 Å². The van der Waals surface area contributed by atoms with Crippen molar-refractivity contribution in [3.8, 4) is 0 Å². The number of ether oxygens (including phenoxy) is 1. The third kappa shape index (κ3) is 5.06. The highest BCUT2D eigenvalue weighted by Gasteiger charge is 2.31. The number of hydrogen-bond donors (Lipinski definition) is 1. The van der Waals surface area contributed by atoms with E-state index in [1.165, 1.54) is 33.5 Å². The summed E-state index contributed by atoms with van der Waals surface area (Å²) in [5.74, 6) is -1.31. The Labute approximate surface area is 176 Å². The zero-order valence-electron chi connectivity index (χ0n) is 17.1. The Morgan fingerprint density at radius 2 is 1.93 bits per heavy atom. The number of anilines is 1. The van der Waals surface area contributed by atoms with Crippen molar-refractivity contribution >= 4 is 27.6 Å². The second-order valence-electron chi connectivity index (χ2n) is 7.34. The van der Waals surface area contributed by atoms with Crippen LogP contribution in [0, 0.1) is 0 Å². The average molecular weight is 435 g/mol. The van der Waals surface area contributed by atoms with Crippen molar-refractivity contribution in [1.29, 1.82) is 0 Å². The molecule has 1 fully saturated rings. The molecule has 0 aliphatic heterocycles. The maximum Gasteiger partial charge on any atom is 0.341 e. The van der Waals surface area contributed by atoms with E-state index >= 15 is 0 Å². The number of rotatable bonds is 7. The number of nitrogens with one attached hydrogen (secondary N) is 1. The minimum absolute atomic E-state index is 0.0185. The number of hydrogen-bond acceptors (Lipinski definition) is 6. The molecule has 0 radical (unpaired) electrons. The molecule has 1 saturated carbocycles. The van der Waals surface area contributed by atoms with Gasteiger partial charge in [0, 0.05) is 26.3 Å². The van der Waals surface area contributed by atoms with Gasteiger partial charge in [0.1, 0.15) is 4.90 Å². The van der Waals surface area contributed by atoms with Gasteiger partial charge in [0.25, 0.3) is 5.91 Å². The predicted octanol–water partition coefficient (Wildman–Crippen LogP) is 2.17. The zero-order chi connectivity index (χ0) is 21.7. The van der Waals surface area contributed by atoms with Crippen molar-refractivity contribution in [2.45, 2.75) is 43.0 Å². The average Bonchev–Trinajstić information content (AvgIpc) is 3.19. The predicted molar refractivity (Wildman–Crippen MR) is 110 cm³/mol. The number of carbonyl (C=O) groups is 2. The van der Waals surface area contributed by atoms with Crippen molar-refractivity contribution in [2.24, 2.45) is 7.05 Å². The quantitative estimate of drug-likeness (QED) is 0.669. The summed E-state index contributed by atoms with van der Waals surface area (Å²) in [6, 6.07) is 6.18. The van der Waals surface area contributed by atoms with Crippen LogP contribution in [0.4, 0.5) is 5.69 Å². The molecule has 2 aromatic rings. The lowest BCUT2D eigenvalue weighted by atomic mass is 9.96. The van der Waals surface area contributed by atoms with Crippen LogP contribution < -0.4 is 5.32 Å². The maximum atomic E-state index is 13.2. The number of amides is 1. The molecule has 0 unspecified atom stereocenters. The second kappa shape index (κ2) is 9.40. The number of para-hydroxylation sites is 1. The summed E-state index contributed by atoms with van der Waals surface area (Å²) in [7, 11) is -0.546. The lowest BCUT2D eigenvalue weighted by molar-refractivity contribution is -0.119. The standard InChI is InChI=1S/C20H26N4O5S/c1-23-13-15(12-21-23)20(26)29-14-19(25)22-17-10-6-7-11-18(17)30(27,28)24(2)16-8-4-3-5-9-16/h6-7,10-13,16H,3-5,8-9,14H2,1-2H3,(H,22,25).